The lowest BCUT2D eigenvalue weighted by Gasteiger charge is -2.30. The van der Waals surface area contributed by atoms with Gasteiger partial charge in [-0.25, -0.2) is 4.39 Å². The number of halogens is 2. The number of nitrogens with one attached hydrogen (secondary N) is 1. The lowest BCUT2D eigenvalue weighted by molar-refractivity contribution is 0.0902. The van der Waals surface area contributed by atoms with Crippen LogP contribution in [0.4, 0.5) is 4.39 Å². The Kier molecular flexibility index (Phi) is 4.94. The second-order valence-electron chi connectivity index (χ2n) is 4.08. The van der Waals surface area contributed by atoms with Crippen molar-refractivity contribution >= 4 is 17.5 Å². The third-order valence-electron chi connectivity index (χ3n) is 3.09. The van der Waals surface area contributed by atoms with E-state index in [2.05, 4.69) is 5.32 Å². The lowest BCUT2D eigenvalue weighted by Crippen LogP contribution is -2.49. The summed E-state index contributed by atoms with van der Waals surface area (Å²) in [6, 6.07) is 5.48. The summed E-state index contributed by atoms with van der Waals surface area (Å²) in [5.74, 6) is -0.196. The summed E-state index contributed by atoms with van der Waals surface area (Å²) in [6.07, 6.45) is 1.53. The van der Waals surface area contributed by atoms with Crippen molar-refractivity contribution < 1.29 is 9.18 Å². The Morgan fingerprint density at radius 3 is 2.24 bits per heavy atom. The van der Waals surface area contributed by atoms with E-state index in [9.17, 15) is 9.18 Å². The van der Waals surface area contributed by atoms with E-state index in [4.69, 9.17) is 11.6 Å². The first kappa shape index (κ1) is 14.0. The molecule has 1 amide bonds. The highest BCUT2D eigenvalue weighted by atomic mass is 35.5. The van der Waals surface area contributed by atoms with E-state index in [1.54, 1.807) is 0 Å². The van der Waals surface area contributed by atoms with E-state index in [1.807, 2.05) is 13.8 Å². The van der Waals surface area contributed by atoms with Gasteiger partial charge in [0.25, 0.3) is 5.91 Å². The minimum atomic E-state index is -0.382. The summed E-state index contributed by atoms with van der Waals surface area (Å²) >= 11 is 5.91. The van der Waals surface area contributed by atoms with E-state index < -0.39 is 0 Å². The van der Waals surface area contributed by atoms with Crippen molar-refractivity contribution in [2.75, 3.05) is 5.88 Å². The Balaban J connectivity index is 2.81. The monoisotopic (exact) mass is 257 g/mol. The highest BCUT2D eigenvalue weighted by Crippen LogP contribution is 2.18. The number of hydrogen-bond acceptors (Lipinski definition) is 1. The summed E-state index contributed by atoms with van der Waals surface area (Å²) in [4.78, 5) is 12.0. The first-order valence-corrected chi connectivity index (χ1v) is 6.24. The molecule has 0 spiro atoms. The molecule has 1 aromatic rings. The zero-order chi connectivity index (χ0) is 12.9. The molecule has 0 aliphatic heterocycles. The maximum atomic E-state index is 12.7. The van der Waals surface area contributed by atoms with Crippen LogP contribution in [0.5, 0.6) is 0 Å². The van der Waals surface area contributed by atoms with Crippen molar-refractivity contribution in [2.24, 2.45) is 0 Å². The maximum absolute atomic E-state index is 12.7. The van der Waals surface area contributed by atoms with E-state index in [-0.39, 0.29) is 17.3 Å². The Bertz CT molecular complexity index is 365. The molecule has 17 heavy (non-hydrogen) atoms. The lowest BCUT2D eigenvalue weighted by atomic mass is 9.94. The molecule has 1 N–H and O–H groups in total. The van der Waals surface area contributed by atoms with Gasteiger partial charge in [0.15, 0.2) is 0 Å². The highest BCUT2D eigenvalue weighted by molar-refractivity contribution is 6.18. The molecular formula is C13H17ClFNO. The van der Waals surface area contributed by atoms with Crippen LogP contribution >= 0.6 is 11.6 Å². The van der Waals surface area contributed by atoms with E-state index in [0.29, 0.717) is 11.4 Å². The SMILES string of the molecule is CCC(CC)(CCl)NC(=O)c1ccc(F)cc1. The molecule has 0 heterocycles. The minimum absolute atomic E-state index is 0.214. The largest absolute Gasteiger partial charge is 0.345 e. The Labute approximate surface area is 106 Å². The topological polar surface area (TPSA) is 29.1 Å². The van der Waals surface area contributed by atoms with Gasteiger partial charge in [0.2, 0.25) is 0 Å². The van der Waals surface area contributed by atoms with E-state index in [1.165, 1.54) is 24.3 Å². The third-order valence-corrected chi connectivity index (χ3v) is 3.61. The molecule has 0 aliphatic carbocycles. The molecular weight excluding hydrogens is 241 g/mol. The van der Waals surface area contributed by atoms with E-state index >= 15 is 0 Å². The molecule has 0 radical (unpaired) electrons. The summed E-state index contributed by atoms with van der Waals surface area (Å²) in [6.45, 7) is 3.97. The summed E-state index contributed by atoms with van der Waals surface area (Å²) < 4.78 is 12.7. The first-order valence-electron chi connectivity index (χ1n) is 5.71. The van der Waals surface area contributed by atoms with Crippen molar-refractivity contribution in [3.63, 3.8) is 0 Å². The fourth-order valence-corrected chi connectivity index (χ4v) is 2.01. The van der Waals surface area contributed by atoms with Gasteiger partial charge in [-0.05, 0) is 37.1 Å². The van der Waals surface area contributed by atoms with Crippen LogP contribution in [0.25, 0.3) is 0 Å². The maximum Gasteiger partial charge on any atom is 0.251 e. The van der Waals surface area contributed by atoms with Crippen LogP contribution in [-0.4, -0.2) is 17.3 Å². The van der Waals surface area contributed by atoms with Crippen LogP contribution in [-0.2, 0) is 0 Å². The number of carbonyl (C=O) groups excluding carboxylic acids is 1. The van der Waals surface area contributed by atoms with Crippen molar-refractivity contribution in [3.8, 4) is 0 Å². The molecule has 0 unspecified atom stereocenters. The van der Waals surface area contributed by atoms with Gasteiger partial charge in [0, 0.05) is 11.4 Å². The molecule has 0 aromatic heterocycles. The number of rotatable bonds is 5. The van der Waals surface area contributed by atoms with Gasteiger partial charge in [-0.1, -0.05) is 13.8 Å². The molecule has 0 fully saturated rings. The van der Waals surface area contributed by atoms with E-state index in [0.717, 1.165) is 12.8 Å². The fraction of sp³-hybridized carbons (Fsp3) is 0.462. The second kappa shape index (κ2) is 6.01. The zero-order valence-corrected chi connectivity index (χ0v) is 10.9. The molecule has 1 rings (SSSR count). The fourth-order valence-electron chi connectivity index (χ4n) is 1.56. The molecule has 2 nitrogen and oxygen atoms in total. The number of hydrogen-bond donors (Lipinski definition) is 1. The smallest absolute Gasteiger partial charge is 0.251 e. The summed E-state index contributed by atoms with van der Waals surface area (Å²) in [5, 5.41) is 2.92. The summed E-state index contributed by atoms with van der Waals surface area (Å²) in [5.41, 5.74) is 0.0651. The quantitative estimate of drug-likeness (QED) is 0.806. The molecule has 4 heteroatoms. The van der Waals surface area contributed by atoms with Gasteiger partial charge >= 0.3 is 0 Å². The Morgan fingerprint density at radius 2 is 1.82 bits per heavy atom. The molecule has 0 saturated heterocycles. The average molecular weight is 258 g/mol. The van der Waals surface area contributed by atoms with Gasteiger partial charge in [-0.15, -0.1) is 11.6 Å². The van der Waals surface area contributed by atoms with Crippen molar-refractivity contribution in [2.45, 2.75) is 32.2 Å². The number of amides is 1. The van der Waals surface area contributed by atoms with Crippen LogP contribution in [0, 0.1) is 5.82 Å². The average Bonchev–Trinajstić information content (AvgIpc) is 2.37. The predicted molar refractivity (Wildman–Crippen MR) is 67.9 cm³/mol. The Morgan fingerprint density at radius 1 is 1.29 bits per heavy atom. The highest BCUT2D eigenvalue weighted by Gasteiger charge is 2.27. The van der Waals surface area contributed by atoms with Gasteiger partial charge in [-0.3, -0.25) is 4.79 Å². The van der Waals surface area contributed by atoms with Gasteiger partial charge in [0.1, 0.15) is 5.82 Å². The van der Waals surface area contributed by atoms with Crippen molar-refractivity contribution in [3.05, 3.63) is 35.6 Å². The number of alkyl halides is 1. The second-order valence-corrected chi connectivity index (χ2v) is 4.35. The predicted octanol–water partition coefficient (Wildman–Crippen LogP) is 3.35. The molecule has 0 bridgehead atoms. The van der Waals surface area contributed by atoms with Gasteiger partial charge in [0.05, 0.1) is 5.54 Å². The molecule has 94 valence electrons. The molecule has 0 saturated carbocycles. The van der Waals surface area contributed by atoms with Crippen LogP contribution in [0.2, 0.25) is 0 Å². The Hall–Kier alpha value is -1.09. The third kappa shape index (κ3) is 3.43. The number of carbonyl (C=O) groups is 1. The van der Waals surface area contributed by atoms with Crippen LogP contribution in [0.1, 0.15) is 37.0 Å². The first-order chi connectivity index (χ1) is 8.06. The van der Waals surface area contributed by atoms with Gasteiger partial charge < -0.3 is 5.32 Å². The normalized spacial score (nSPS) is 11.3. The van der Waals surface area contributed by atoms with Crippen molar-refractivity contribution in [1.82, 2.24) is 5.32 Å². The molecule has 1 aromatic carbocycles. The molecule has 0 aliphatic rings. The molecule has 0 atom stereocenters. The van der Waals surface area contributed by atoms with Crippen LogP contribution < -0.4 is 5.32 Å². The van der Waals surface area contributed by atoms with Crippen LogP contribution in [0.15, 0.2) is 24.3 Å². The summed E-state index contributed by atoms with van der Waals surface area (Å²) in [7, 11) is 0. The standard InChI is InChI=1S/C13H17ClFNO/c1-3-13(4-2,9-14)16-12(17)10-5-7-11(15)8-6-10/h5-8H,3-4,9H2,1-2H3,(H,16,17). The number of benzene rings is 1. The van der Waals surface area contributed by atoms with Gasteiger partial charge in [-0.2, -0.15) is 0 Å². The van der Waals surface area contributed by atoms with Crippen molar-refractivity contribution in [1.29, 1.82) is 0 Å². The zero-order valence-electron chi connectivity index (χ0n) is 10.1. The van der Waals surface area contributed by atoms with Crippen LogP contribution in [0.3, 0.4) is 0 Å². The minimum Gasteiger partial charge on any atom is -0.345 e.